The smallest absolute Gasteiger partial charge is 0.243 e. The van der Waals surface area contributed by atoms with Crippen LogP contribution in [0.3, 0.4) is 0 Å². The minimum Gasteiger partial charge on any atom is -0.508 e. The number of unbranched alkanes of at least 4 members (excludes halogenated alkanes) is 4. The summed E-state index contributed by atoms with van der Waals surface area (Å²) in [6, 6.07) is 5.13. The van der Waals surface area contributed by atoms with Gasteiger partial charge in [0.25, 0.3) is 0 Å². The van der Waals surface area contributed by atoms with Crippen LogP contribution >= 0.6 is 0 Å². The molecule has 0 aliphatic heterocycles. The highest BCUT2D eigenvalue weighted by Gasteiger charge is 2.23. The van der Waals surface area contributed by atoms with Gasteiger partial charge in [0.05, 0.1) is 0 Å². The highest BCUT2D eigenvalue weighted by molar-refractivity contribution is 5.89. The Kier molecular flexibility index (Phi) is 14.3. The Morgan fingerprint density at radius 2 is 1.69 bits per heavy atom. The standard InChI is InChI=1S/C25H40N6O4/c1-2-3-4-5-6-9-23(34)31-21(17-18-10-13-20(32)14-11-18)24(35)30-19(12-15-22(26)33)8-7-16-29-25(27)28/h10-15,19,21,32H,2-9,16-17H2,1H3,(H2,26,33)(H,30,35)(H,31,34)(H4,27,28,29)/b15-12+/t19-,21-/m0/s1. The number of guanidine groups is 1. The van der Waals surface area contributed by atoms with Crippen LogP contribution in [-0.2, 0) is 20.8 Å². The SMILES string of the molecule is CCCCCCCC(=O)N[C@@H](Cc1ccc(O)cc1)C(=O)N[C@H](/C=C/C(N)=O)CCCN=C(N)N. The number of carbonyl (C=O) groups is 3. The summed E-state index contributed by atoms with van der Waals surface area (Å²) in [6.45, 7) is 2.50. The van der Waals surface area contributed by atoms with Crippen LogP contribution in [0.4, 0.5) is 0 Å². The van der Waals surface area contributed by atoms with E-state index >= 15 is 0 Å². The van der Waals surface area contributed by atoms with Gasteiger partial charge >= 0.3 is 0 Å². The molecular weight excluding hydrogens is 448 g/mol. The molecule has 0 bridgehead atoms. The number of phenolic OH excluding ortho intramolecular Hbond substituents is 1. The first kappa shape index (κ1) is 29.5. The highest BCUT2D eigenvalue weighted by atomic mass is 16.3. The molecule has 3 amide bonds. The van der Waals surface area contributed by atoms with E-state index in [1.165, 1.54) is 24.3 Å². The summed E-state index contributed by atoms with van der Waals surface area (Å²) in [5, 5.41) is 15.3. The third kappa shape index (κ3) is 14.3. The van der Waals surface area contributed by atoms with Crippen LogP contribution in [-0.4, -0.2) is 47.4 Å². The number of hydrogen-bond acceptors (Lipinski definition) is 5. The number of aromatic hydroxyl groups is 1. The van der Waals surface area contributed by atoms with Crippen molar-refractivity contribution in [3.63, 3.8) is 0 Å². The summed E-state index contributed by atoms with van der Waals surface area (Å²) in [7, 11) is 0. The van der Waals surface area contributed by atoms with Crippen LogP contribution in [0.15, 0.2) is 41.4 Å². The summed E-state index contributed by atoms with van der Waals surface area (Å²) in [5.74, 6) is -1.13. The number of primary amides is 1. The predicted octanol–water partition coefficient (Wildman–Crippen LogP) is 1.36. The Balaban J connectivity index is 2.87. The molecule has 1 aromatic rings. The Morgan fingerprint density at radius 3 is 2.31 bits per heavy atom. The lowest BCUT2D eigenvalue weighted by atomic mass is 10.0. The molecule has 0 aliphatic rings. The number of nitrogens with one attached hydrogen (secondary N) is 2. The van der Waals surface area contributed by atoms with Crippen LogP contribution < -0.4 is 27.8 Å². The van der Waals surface area contributed by atoms with E-state index in [-0.39, 0.29) is 24.0 Å². The minimum absolute atomic E-state index is 0.0235. The summed E-state index contributed by atoms with van der Waals surface area (Å²) in [6.07, 6.45) is 9.37. The van der Waals surface area contributed by atoms with Gasteiger partial charge in [-0.05, 0) is 37.0 Å². The van der Waals surface area contributed by atoms with Crippen LogP contribution in [0, 0.1) is 0 Å². The van der Waals surface area contributed by atoms with Crippen molar-refractivity contribution in [1.29, 1.82) is 0 Å². The maximum Gasteiger partial charge on any atom is 0.243 e. The fraction of sp³-hybridized carbons (Fsp3) is 0.520. The number of phenols is 1. The molecular formula is C25H40N6O4. The van der Waals surface area contributed by atoms with Crippen LogP contribution in [0.2, 0.25) is 0 Å². The van der Waals surface area contributed by atoms with E-state index in [0.29, 0.717) is 25.8 Å². The average molecular weight is 489 g/mol. The van der Waals surface area contributed by atoms with E-state index in [4.69, 9.17) is 17.2 Å². The quantitative estimate of drug-likeness (QED) is 0.0831. The monoisotopic (exact) mass is 488 g/mol. The van der Waals surface area contributed by atoms with E-state index in [9.17, 15) is 19.5 Å². The third-order valence-electron chi connectivity index (χ3n) is 5.32. The molecule has 1 rings (SSSR count). The van der Waals surface area contributed by atoms with Crippen molar-refractivity contribution in [2.45, 2.75) is 76.8 Å². The van der Waals surface area contributed by atoms with E-state index in [2.05, 4.69) is 22.5 Å². The lowest BCUT2D eigenvalue weighted by Gasteiger charge is -2.22. The van der Waals surface area contributed by atoms with Gasteiger partial charge in [0, 0.05) is 31.5 Å². The molecule has 0 saturated heterocycles. The number of carbonyl (C=O) groups excluding carboxylic acids is 3. The zero-order valence-corrected chi connectivity index (χ0v) is 20.5. The summed E-state index contributed by atoms with van der Waals surface area (Å²) in [5.41, 5.74) is 16.7. The van der Waals surface area contributed by atoms with Gasteiger partial charge in [-0.1, -0.05) is 50.8 Å². The zero-order chi connectivity index (χ0) is 26.1. The van der Waals surface area contributed by atoms with Gasteiger partial charge in [-0.3, -0.25) is 19.4 Å². The fourth-order valence-electron chi connectivity index (χ4n) is 3.46. The molecule has 0 spiro atoms. The molecule has 194 valence electrons. The van der Waals surface area contributed by atoms with Crippen molar-refractivity contribution < 1.29 is 19.5 Å². The summed E-state index contributed by atoms with van der Waals surface area (Å²) < 4.78 is 0. The number of hydrogen-bond donors (Lipinski definition) is 6. The second kappa shape index (κ2) is 17.0. The van der Waals surface area contributed by atoms with Crippen molar-refractivity contribution in [1.82, 2.24) is 10.6 Å². The van der Waals surface area contributed by atoms with E-state index < -0.39 is 23.9 Å². The van der Waals surface area contributed by atoms with Gasteiger partial charge in [-0.15, -0.1) is 0 Å². The zero-order valence-electron chi connectivity index (χ0n) is 20.5. The minimum atomic E-state index is -0.829. The Bertz CT molecular complexity index is 850. The maximum atomic E-state index is 13.2. The number of benzene rings is 1. The fourth-order valence-corrected chi connectivity index (χ4v) is 3.46. The second-order valence-corrected chi connectivity index (χ2v) is 8.48. The average Bonchev–Trinajstić information content (AvgIpc) is 2.80. The van der Waals surface area contributed by atoms with E-state index in [0.717, 1.165) is 37.7 Å². The van der Waals surface area contributed by atoms with Gasteiger partial charge < -0.3 is 32.9 Å². The van der Waals surface area contributed by atoms with Crippen molar-refractivity contribution in [2.75, 3.05) is 6.54 Å². The normalized spacial score (nSPS) is 12.6. The molecule has 0 saturated carbocycles. The van der Waals surface area contributed by atoms with Crippen molar-refractivity contribution >= 4 is 23.7 Å². The Labute approximate surface area is 207 Å². The highest BCUT2D eigenvalue weighted by Crippen LogP contribution is 2.12. The largest absolute Gasteiger partial charge is 0.508 e. The number of nitrogens with two attached hydrogens (primary N) is 3. The molecule has 10 nitrogen and oxygen atoms in total. The summed E-state index contributed by atoms with van der Waals surface area (Å²) >= 11 is 0. The molecule has 35 heavy (non-hydrogen) atoms. The lowest BCUT2D eigenvalue weighted by Crippen LogP contribution is -2.50. The first-order valence-corrected chi connectivity index (χ1v) is 12.1. The molecule has 2 atom stereocenters. The summed E-state index contributed by atoms with van der Waals surface area (Å²) in [4.78, 5) is 40.9. The predicted molar refractivity (Wildman–Crippen MR) is 137 cm³/mol. The number of nitrogens with zero attached hydrogens (tertiary/aromatic N) is 1. The lowest BCUT2D eigenvalue weighted by molar-refractivity contribution is -0.129. The first-order valence-electron chi connectivity index (χ1n) is 12.1. The second-order valence-electron chi connectivity index (χ2n) is 8.48. The third-order valence-corrected chi connectivity index (χ3v) is 5.32. The van der Waals surface area contributed by atoms with Gasteiger partial charge in [-0.25, -0.2) is 0 Å². The molecule has 9 N–H and O–H groups in total. The molecule has 0 aromatic heterocycles. The maximum absolute atomic E-state index is 13.2. The molecule has 1 aromatic carbocycles. The molecule has 0 heterocycles. The molecule has 10 heteroatoms. The van der Waals surface area contributed by atoms with Gasteiger partial charge in [0.2, 0.25) is 17.7 Å². The van der Waals surface area contributed by atoms with Crippen LogP contribution in [0.5, 0.6) is 5.75 Å². The number of aliphatic imine (C=N–C) groups is 1. The topological polar surface area (TPSA) is 186 Å². The first-order chi connectivity index (χ1) is 16.7. The van der Waals surface area contributed by atoms with Crippen LogP contribution in [0.1, 0.15) is 63.9 Å². The Morgan fingerprint density at radius 1 is 1.00 bits per heavy atom. The van der Waals surface area contributed by atoms with Gasteiger partial charge in [-0.2, -0.15) is 0 Å². The van der Waals surface area contributed by atoms with E-state index in [1.54, 1.807) is 12.1 Å². The number of amides is 3. The van der Waals surface area contributed by atoms with E-state index in [1.807, 2.05) is 0 Å². The molecule has 0 fully saturated rings. The van der Waals surface area contributed by atoms with Gasteiger partial charge in [0.1, 0.15) is 11.8 Å². The van der Waals surface area contributed by atoms with Crippen molar-refractivity contribution in [2.24, 2.45) is 22.2 Å². The van der Waals surface area contributed by atoms with Crippen LogP contribution in [0.25, 0.3) is 0 Å². The number of rotatable bonds is 17. The van der Waals surface area contributed by atoms with Gasteiger partial charge in [0.15, 0.2) is 5.96 Å². The molecule has 0 unspecified atom stereocenters. The molecule has 0 radical (unpaired) electrons. The van der Waals surface area contributed by atoms with Crippen molar-refractivity contribution in [3.8, 4) is 5.75 Å². The van der Waals surface area contributed by atoms with Crippen molar-refractivity contribution in [3.05, 3.63) is 42.0 Å². The molecule has 0 aliphatic carbocycles. The Hall–Kier alpha value is -3.56.